The number of rotatable bonds is 7. The molecule has 0 aromatic heterocycles. The predicted octanol–water partition coefficient (Wildman–Crippen LogP) is 1.34. The summed E-state index contributed by atoms with van der Waals surface area (Å²) in [4.78, 5) is 26.9. The summed E-state index contributed by atoms with van der Waals surface area (Å²) in [5, 5.41) is 5.48. The summed E-state index contributed by atoms with van der Waals surface area (Å²) in [6.07, 6.45) is 3.02. The minimum Gasteiger partial charge on any atom is -0.381 e. The van der Waals surface area contributed by atoms with Crippen LogP contribution in [0.4, 0.5) is 5.69 Å². The molecule has 2 unspecified atom stereocenters. The van der Waals surface area contributed by atoms with Gasteiger partial charge in [0.25, 0.3) is 0 Å². The van der Waals surface area contributed by atoms with Crippen molar-refractivity contribution in [1.29, 1.82) is 0 Å². The average Bonchev–Trinajstić information content (AvgIpc) is 3.25. The van der Waals surface area contributed by atoms with Gasteiger partial charge in [-0.25, -0.2) is 0 Å². The van der Waals surface area contributed by atoms with Crippen LogP contribution < -0.4 is 10.6 Å². The van der Waals surface area contributed by atoms with Crippen LogP contribution in [0.1, 0.15) is 12.0 Å². The first-order chi connectivity index (χ1) is 13.7. The van der Waals surface area contributed by atoms with Gasteiger partial charge in [-0.1, -0.05) is 12.1 Å². The maximum atomic E-state index is 12.3. The average molecular weight is 408 g/mol. The minimum absolute atomic E-state index is 0.161. The van der Waals surface area contributed by atoms with Gasteiger partial charge in [0.1, 0.15) is 0 Å². The van der Waals surface area contributed by atoms with Gasteiger partial charge < -0.3 is 20.1 Å². The second kappa shape index (κ2) is 10.8. The molecule has 7 nitrogen and oxygen atoms in total. The number of benzene rings is 1. The zero-order chi connectivity index (χ0) is 19.8. The maximum Gasteiger partial charge on any atom is 0.313 e. The highest BCUT2D eigenvalue weighted by Crippen LogP contribution is 2.22. The van der Waals surface area contributed by atoms with Gasteiger partial charge in [0, 0.05) is 49.6 Å². The first-order valence-corrected chi connectivity index (χ1v) is 11.1. The molecule has 0 radical (unpaired) electrons. The van der Waals surface area contributed by atoms with Crippen molar-refractivity contribution in [2.45, 2.75) is 18.2 Å². The number of carbonyl (C=O) groups excluding carboxylic acids is 2. The molecule has 2 fully saturated rings. The molecule has 0 bridgehead atoms. The molecule has 8 heteroatoms. The lowest BCUT2D eigenvalue weighted by molar-refractivity contribution is -0.136. The lowest BCUT2D eigenvalue weighted by atomic mass is 9.97. The van der Waals surface area contributed by atoms with E-state index in [2.05, 4.69) is 15.5 Å². The Morgan fingerprint density at radius 1 is 1.14 bits per heavy atom. The topological polar surface area (TPSA) is 79.9 Å². The molecule has 1 aromatic rings. The van der Waals surface area contributed by atoms with Gasteiger partial charge in [-0.2, -0.15) is 11.8 Å². The molecular formula is C20H29N3O4S. The first kappa shape index (κ1) is 21.1. The highest BCUT2D eigenvalue weighted by atomic mass is 32.2. The SMILES string of the molecule is CSCc1ccc(NC(=O)C(=O)NCC(C2CCOC2)N2CCOCC2)cc1. The van der Waals surface area contributed by atoms with E-state index >= 15 is 0 Å². The zero-order valence-electron chi connectivity index (χ0n) is 16.3. The van der Waals surface area contributed by atoms with E-state index in [9.17, 15) is 9.59 Å². The van der Waals surface area contributed by atoms with Crippen molar-refractivity contribution in [3.63, 3.8) is 0 Å². The fourth-order valence-electron chi connectivity index (χ4n) is 3.68. The van der Waals surface area contributed by atoms with Crippen LogP contribution in [-0.4, -0.2) is 75.1 Å². The second-order valence-electron chi connectivity index (χ2n) is 7.13. The Morgan fingerprint density at radius 2 is 1.89 bits per heavy atom. The molecule has 154 valence electrons. The summed E-state index contributed by atoms with van der Waals surface area (Å²) < 4.78 is 11.0. The van der Waals surface area contributed by atoms with Crippen LogP contribution in [0.2, 0.25) is 0 Å². The van der Waals surface area contributed by atoms with Crippen molar-refractivity contribution in [2.75, 3.05) is 57.6 Å². The number of morpholine rings is 1. The fourth-order valence-corrected chi connectivity index (χ4v) is 4.20. The number of carbonyl (C=O) groups is 2. The number of anilines is 1. The maximum absolute atomic E-state index is 12.3. The van der Waals surface area contributed by atoms with Crippen molar-refractivity contribution in [2.24, 2.45) is 5.92 Å². The van der Waals surface area contributed by atoms with Gasteiger partial charge in [-0.15, -0.1) is 0 Å². The van der Waals surface area contributed by atoms with E-state index in [1.165, 1.54) is 5.56 Å². The first-order valence-electron chi connectivity index (χ1n) is 9.74. The highest BCUT2D eigenvalue weighted by molar-refractivity contribution is 7.97. The van der Waals surface area contributed by atoms with E-state index in [0.29, 0.717) is 38.0 Å². The number of amides is 2. The van der Waals surface area contributed by atoms with E-state index in [0.717, 1.165) is 31.9 Å². The zero-order valence-corrected chi connectivity index (χ0v) is 17.1. The molecule has 2 aliphatic heterocycles. The Hall–Kier alpha value is -1.61. The van der Waals surface area contributed by atoms with Gasteiger partial charge in [0.15, 0.2) is 0 Å². The molecule has 0 saturated carbocycles. The summed E-state index contributed by atoms with van der Waals surface area (Å²) >= 11 is 1.74. The Bertz CT molecular complexity index is 643. The fraction of sp³-hybridized carbons (Fsp3) is 0.600. The quantitative estimate of drug-likeness (QED) is 0.664. The van der Waals surface area contributed by atoms with Gasteiger partial charge in [0.05, 0.1) is 19.8 Å². The number of ether oxygens (including phenoxy) is 2. The number of nitrogens with one attached hydrogen (secondary N) is 2. The molecule has 28 heavy (non-hydrogen) atoms. The van der Waals surface area contributed by atoms with Crippen molar-refractivity contribution in [1.82, 2.24) is 10.2 Å². The summed E-state index contributed by atoms with van der Waals surface area (Å²) in [7, 11) is 0. The van der Waals surface area contributed by atoms with Gasteiger partial charge in [-0.3, -0.25) is 14.5 Å². The molecular weight excluding hydrogens is 378 g/mol. The number of hydrogen-bond donors (Lipinski definition) is 2. The largest absolute Gasteiger partial charge is 0.381 e. The summed E-state index contributed by atoms with van der Waals surface area (Å²) in [6.45, 7) is 4.97. The standard InChI is InChI=1S/C20H29N3O4S/c1-28-14-15-2-4-17(5-3-15)22-20(25)19(24)21-12-18(16-6-9-27-13-16)23-7-10-26-11-8-23/h2-5,16,18H,6-14H2,1H3,(H,21,24)(H,22,25). The Kier molecular flexibility index (Phi) is 8.14. The van der Waals surface area contributed by atoms with Crippen molar-refractivity contribution in [3.8, 4) is 0 Å². The predicted molar refractivity (Wildman–Crippen MR) is 110 cm³/mol. The smallest absolute Gasteiger partial charge is 0.313 e. The third-order valence-electron chi connectivity index (χ3n) is 5.22. The van der Waals surface area contributed by atoms with E-state index in [4.69, 9.17) is 9.47 Å². The van der Waals surface area contributed by atoms with Crippen LogP contribution >= 0.6 is 11.8 Å². The molecule has 0 spiro atoms. The second-order valence-corrected chi connectivity index (χ2v) is 8.00. The molecule has 1 aromatic carbocycles. The van der Waals surface area contributed by atoms with Crippen LogP contribution in [0.25, 0.3) is 0 Å². The van der Waals surface area contributed by atoms with Crippen LogP contribution in [0.15, 0.2) is 24.3 Å². The van der Waals surface area contributed by atoms with Crippen molar-refractivity contribution in [3.05, 3.63) is 29.8 Å². The third kappa shape index (κ3) is 5.94. The van der Waals surface area contributed by atoms with Crippen LogP contribution in [0.3, 0.4) is 0 Å². The molecule has 2 saturated heterocycles. The molecule has 2 heterocycles. The summed E-state index contributed by atoms with van der Waals surface area (Å²) in [5.41, 5.74) is 1.81. The molecule has 2 amide bonds. The van der Waals surface area contributed by atoms with Crippen LogP contribution in [0, 0.1) is 5.92 Å². The van der Waals surface area contributed by atoms with Crippen molar-refractivity contribution >= 4 is 29.3 Å². The van der Waals surface area contributed by atoms with E-state index in [-0.39, 0.29) is 6.04 Å². The molecule has 0 aliphatic carbocycles. The third-order valence-corrected chi connectivity index (χ3v) is 5.85. The Morgan fingerprint density at radius 3 is 2.54 bits per heavy atom. The van der Waals surface area contributed by atoms with E-state index < -0.39 is 11.8 Å². The van der Waals surface area contributed by atoms with Gasteiger partial charge in [-0.05, 0) is 30.4 Å². The van der Waals surface area contributed by atoms with Gasteiger partial charge >= 0.3 is 11.8 Å². The summed E-state index contributed by atoms with van der Waals surface area (Å²) in [5.74, 6) is 0.0412. The molecule has 2 N–H and O–H groups in total. The van der Waals surface area contributed by atoms with Gasteiger partial charge in [0.2, 0.25) is 0 Å². The van der Waals surface area contributed by atoms with Crippen LogP contribution in [0.5, 0.6) is 0 Å². The van der Waals surface area contributed by atoms with Crippen molar-refractivity contribution < 1.29 is 19.1 Å². The minimum atomic E-state index is -0.638. The highest BCUT2D eigenvalue weighted by Gasteiger charge is 2.32. The van der Waals surface area contributed by atoms with Crippen LogP contribution in [-0.2, 0) is 24.8 Å². The lowest BCUT2D eigenvalue weighted by Gasteiger charge is -2.37. The number of hydrogen-bond acceptors (Lipinski definition) is 6. The monoisotopic (exact) mass is 407 g/mol. The molecule has 3 rings (SSSR count). The Balaban J connectivity index is 1.52. The van der Waals surface area contributed by atoms with E-state index in [1.54, 1.807) is 11.8 Å². The Labute approximate surface area is 170 Å². The lowest BCUT2D eigenvalue weighted by Crippen LogP contribution is -2.53. The molecule has 2 aliphatic rings. The summed E-state index contributed by atoms with van der Waals surface area (Å²) in [6, 6.07) is 7.72. The normalized spacial score (nSPS) is 21.2. The number of nitrogens with zero attached hydrogens (tertiary/aromatic N) is 1. The molecule has 2 atom stereocenters. The number of thioether (sulfide) groups is 1. The van der Waals surface area contributed by atoms with E-state index in [1.807, 2.05) is 30.5 Å².